The summed E-state index contributed by atoms with van der Waals surface area (Å²) in [5.74, 6) is 3.55. The molecule has 0 amide bonds. The summed E-state index contributed by atoms with van der Waals surface area (Å²) >= 11 is 0. The van der Waals surface area contributed by atoms with Crippen LogP contribution in [0, 0.1) is 0 Å². The first kappa shape index (κ1) is 59.2. The Bertz CT molecular complexity index is 2820. The zero-order valence-corrected chi connectivity index (χ0v) is 50.2. The van der Waals surface area contributed by atoms with Crippen LogP contribution in [0.2, 0.25) is 0 Å². The predicted octanol–water partition coefficient (Wildman–Crippen LogP) is 20.1. The standard InChI is InChI=1S/C25H35N2.2C21H23N2.Y/c1-16(2)20-11-9-12-21(17(3)4)24(20)26-15-27-25-22(18(5)6)13-10-14-23(25)19(7)8;2*1-14(2)18-9-7-10-19(15(3)4)21(18)22-13-17-12-16-8-5-6-11-20(16)23-17;/h9-19H,1-8H3;2*5-15H,1-4H3;/q3*-1;+3. The number of para-hydroxylation sites is 6. The Morgan fingerprint density at radius 1 is 0.338 bits per heavy atom. The summed E-state index contributed by atoms with van der Waals surface area (Å²) in [5, 5.41) is 7.18. The monoisotopic (exact) mass is 1060 g/mol. The number of rotatable bonds is 15. The molecule has 0 saturated heterocycles. The largest absolute Gasteiger partial charge is 3.00 e. The maximum Gasteiger partial charge on any atom is 3.00 e. The minimum absolute atomic E-state index is 0. The predicted molar refractivity (Wildman–Crippen MR) is 319 cm³/mol. The van der Waals surface area contributed by atoms with E-state index in [1.165, 1.54) is 44.5 Å². The molecule has 6 aromatic carbocycles. The molecule has 0 bridgehead atoms. The molecule has 8 aromatic rings. The molecule has 0 unspecified atom stereocenters. The van der Waals surface area contributed by atoms with Crippen molar-refractivity contribution in [2.45, 2.75) is 158 Å². The fourth-order valence-corrected chi connectivity index (χ4v) is 9.27. The van der Waals surface area contributed by atoms with Crippen molar-refractivity contribution in [2.75, 3.05) is 0 Å². The third kappa shape index (κ3) is 15.2. The van der Waals surface area contributed by atoms with Gasteiger partial charge >= 0.3 is 32.7 Å². The van der Waals surface area contributed by atoms with E-state index in [4.69, 9.17) is 20.3 Å². The van der Waals surface area contributed by atoms with Crippen LogP contribution in [0.3, 0.4) is 0 Å². The average molecular weight is 1060 g/mol. The van der Waals surface area contributed by atoms with Gasteiger partial charge in [-0.15, -0.1) is 22.4 Å². The second kappa shape index (κ2) is 27.7. The number of aliphatic imine (C=N–C) groups is 3. The molecule has 0 aliphatic carbocycles. The van der Waals surface area contributed by atoms with Crippen LogP contribution in [0.5, 0.6) is 0 Å². The molecule has 0 atom stereocenters. The van der Waals surface area contributed by atoms with Gasteiger partial charge in [0.1, 0.15) is 0 Å². The van der Waals surface area contributed by atoms with Crippen LogP contribution < -0.4 is 9.97 Å². The summed E-state index contributed by atoms with van der Waals surface area (Å²) in [5.41, 5.74) is 18.6. The van der Waals surface area contributed by atoms with Gasteiger partial charge in [0.05, 0.1) is 11.4 Å². The zero-order valence-electron chi connectivity index (χ0n) is 47.3. The molecular formula is C67H81N6Y. The van der Waals surface area contributed by atoms with Crippen molar-refractivity contribution < 1.29 is 32.7 Å². The summed E-state index contributed by atoms with van der Waals surface area (Å²) < 4.78 is 0. The maximum absolute atomic E-state index is 4.85. The van der Waals surface area contributed by atoms with Crippen molar-refractivity contribution in [3.05, 3.63) is 195 Å². The molecule has 0 aliphatic rings. The first-order valence-electron chi connectivity index (χ1n) is 26.7. The molecule has 0 fully saturated rings. The van der Waals surface area contributed by atoms with Crippen LogP contribution in [0.15, 0.2) is 148 Å². The van der Waals surface area contributed by atoms with Gasteiger partial charge in [-0.3, -0.25) is 9.98 Å². The number of fused-ring (bicyclic) bond motifs is 2. The molecular weight excluding hydrogens is 978 g/mol. The van der Waals surface area contributed by atoms with Gasteiger partial charge in [0, 0.05) is 12.4 Å². The molecule has 382 valence electrons. The van der Waals surface area contributed by atoms with E-state index in [1.54, 1.807) is 6.34 Å². The molecule has 7 heteroatoms. The summed E-state index contributed by atoms with van der Waals surface area (Å²) in [6.07, 6.45) is 5.56. The van der Waals surface area contributed by atoms with Crippen LogP contribution in [0.4, 0.5) is 22.7 Å². The van der Waals surface area contributed by atoms with Crippen molar-refractivity contribution in [1.29, 1.82) is 0 Å². The van der Waals surface area contributed by atoms with E-state index >= 15 is 0 Å². The number of hydrogen-bond acceptors (Lipinski definition) is 3. The molecule has 6 nitrogen and oxygen atoms in total. The van der Waals surface area contributed by atoms with E-state index in [9.17, 15) is 0 Å². The Balaban J connectivity index is 0.000000205. The van der Waals surface area contributed by atoms with Gasteiger partial charge in [0.15, 0.2) is 0 Å². The molecule has 8 rings (SSSR count). The van der Waals surface area contributed by atoms with Gasteiger partial charge < -0.3 is 20.3 Å². The molecule has 2 heterocycles. The molecule has 74 heavy (non-hydrogen) atoms. The van der Waals surface area contributed by atoms with E-state index in [0.717, 1.165) is 55.9 Å². The first-order chi connectivity index (χ1) is 34.9. The fourth-order valence-electron chi connectivity index (χ4n) is 9.27. The topological polar surface area (TPSA) is 79.4 Å². The van der Waals surface area contributed by atoms with Gasteiger partial charge in [-0.2, -0.15) is 0 Å². The van der Waals surface area contributed by atoms with Gasteiger partial charge in [0.2, 0.25) is 0 Å². The Morgan fingerprint density at radius 3 is 0.892 bits per heavy atom. The van der Waals surface area contributed by atoms with Crippen molar-refractivity contribution in [2.24, 2.45) is 15.0 Å². The third-order valence-corrected chi connectivity index (χ3v) is 13.4. The smallest absolute Gasteiger partial charge is 0.656 e. The van der Waals surface area contributed by atoms with Gasteiger partial charge in [-0.05, 0) is 114 Å². The third-order valence-electron chi connectivity index (χ3n) is 13.4. The number of nitrogens with zero attached hydrogens (tertiary/aromatic N) is 6. The normalized spacial score (nSPS) is 11.9. The zero-order chi connectivity index (χ0) is 52.9. The second-order valence-electron chi connectivity index (χ2n) is 21.7. The van der Waals surface area contributed by atoms with Crippen molar-refractivity contribution in [3.63, 3.8) is 0 Å². The van der Waals surface area contributed by atoms with Crippen molar-refractivity contribution >= 4 is 63.3 Å². The van der Waals surface area contributed by atoms with E-state index in [0.29, 0.717) is 47.3 Å². The van der Waals surface area contributed by atoms with E-state index in [2.05, 4.69) is 218 Å². The van der Waals surface area contributed by atoms with Gasteiger partial charge in [-0.25, -0.2) is 0 Å². The molecule has 0 radical (unpaired) electrons. The summed E-state index contributed by atoms with van der Waals surface area (Å²) in [6.45, 7) is 35.5. The van der Waals surface area contributed by atoms with Crippen molar-refractivity contribution in [3.8, 4) is 0 Å². The van der Waals surface area contributed by atoms with E-state index < -0.39 is 0 Å². The summed E-state index contributed by atoms with van der Waals surface area (Å²) in [7, 11) is 0. The number of benzene rings is 6. The van der Waals surface area contributed by atoms with Crippen LogP contribution in [0.25, 0.3) is 27.1 Å². The van der Waals surface area contributed by atoms with Crippen molar-refractivity contribution in [1.82, 2.24) is 9.97 Å². The number of aromatic nitrogens is 2. The Labute approximate surface area is 470 Å². The summed E-state index contributed by atoms with van der Waals surface area (Å²) in [6, 6.07) is 46.5. The van der Waals surface area contributed by atoms with Crippen LogP contribution >= 0.6 is 0 Å². The Morgan fingerprint density at radius 2 is 0.608 bits per heavy atom. The van der Waals surface area contributed by atoms with Crippen LogP contribution in [-0.2, 0) is 32.7 Å². The Hall–Kier alpha value is -5.69. The quantitative estimate of drug-likeness (QED) is 0.0757. The molecule has 0 aliphatic heterocycles. The second-order valence-corrected chi connectivity index (χ2v) is 21.7. The molecule has 0 spiro atoms. The molecule has 0 saturated carbocycles. The molecule has 2 aromatic heterocycles. The Kier molecular flexibility index (Phi) is 22.2. The molecule has 0 N–H and O–H groups in total. The maximum atomic E-state index is 4.85. The first-order valence-corrected chi connectivity index (χ1v) is 26.7. The number of hydrogen-bond donors (Lipinski definition) is 0. The summed E-state index contributed by atoms with van der Waals surface area (Å²) in [4.78, 5) is 23.8. The van der Waals surface area contributed by atoms with Gasteiger partial charge in [-0.1, -0.05) is 251 Å². The average Bonchev–Trinajstić information content (AvgIpc) is 3.99. The van der Waals surface area contributed by atoms with E-state index in [1.807, 2.05) is 48.8 Å². The van der Waals surface area contributed by atoms with Crippen LogP contribution in [0.1, 0.15) is 214 Å². The minimum Gasteiger partial charge on any atom is -0.656 e. The fraction of sp³-hybridized carbons (Fsp3) is 0.358. The minimum atomic E-state index is 0. The van der Waals surface area contributed by atoms with Gasteiger partial charge in [0.25, 0.3) is 0 Å². The van der Waals surface area contributed by atoms with E-state index in [-0.39, 0.29) is 32.7 Å². The van der Waals surface area contributed by atoms with Crippen LogP contribution in [-0.4, -0.2) is 18.8 Å². The SMILES string of the molecule is CC(C)c1cccc(C(C)C)c1N=C[N-]c1c(C(C)C)cccc1C(C)C.CC(C)c1cccc(C(C)C)c1N=Cc1cc2ccccc2[n-]1.CC(C)c1cccc(C(C)C)c1N=Cc1cc2ccccc2[n-]1.[Y+3].